The molecule has 2 nitrogen and oxygen atoms in total. The van der Waals surface area contributed by atoms with Crippen LogP contribution in [0.5, 0.6) is 0 Å². The molecule has 2 aromatic rings. The molecule has 2 rings (SSSR count). The van der Waals surface area contributed by atoms with Crippen LogP contribution in [0.25, 0.3) is 0 Å². The fourth-order valence-electron chi connectivity index (χ4n) is 2.14. The molecule has 0 bridgehead atoms. The number of nitrogens with zero attached hydrogens (tertiary/aromatic N) is 1. The van der Waals surface area contributed by atoms with Gasteiger partial charge < -0.3 is 10.2 Å². The number of thiophene rings is 1. The zero-order valence-corrected chi connectivity index (χ0v) is 14.4. The summed E-state index contributed by atoms with van der Waals surface area (Å²) in [4.78, 5) is 3.75. The number of hydrogen-bond donors (Lipinski definition) is 1. The molecule has 1 aromatic heterocycles. The van der Waals surface area contributed by atoms with E-state index >= 15 is 0 Å². The third-order valence-corrected chi connectivity index (χ3v) is 4.80. The summed E-state index contributed by atoms with van der Waals surface area (Å²) in [5.41, 5.74) is 1.34. The van der Waals surface area contributed by atoms with Crippen molar-refractivity contribution in [2.45, 2.75) is 19.5 Å². The molecule has 1 atom stereocenters. The molecular weight excluding hydrogens is 332 g/mol. The highest BCUT2D eigenvalue weighted by Gasteiger charge is 2.06. The van der Waals surface area contributed by atoms with Crippen LogP contribution in [-0.4, -0.2) is 25.0 Å². The average Bonchev–Trinajstić information content (AvgIpc) is 2.92. The van der Waals surface area contributed by atoms with Crippen molar-refractivity contribution in [2.75, 3.05) is 20.1 Å². The van der Waals surface area contributed by atoms with E-state index in [1.807, 2.05) is 11.3 Å². The number of halogens is 1. The van der Waals surface area contributed by atoms with Gasteiger partial charge >= 0.3 is 0 Å². The van der Waals surface area contributed by atoms with E-state index in [0.717, 1.165) is 24.1 Å². The molecule has 0 spiro atoms. The summed E-state index contributed by atoms with van der Waals surface area (Å²) < 4.78 is 1.15. The lowest BCUT2D eigenvalue weighted by atomic mass is 10.2. The molecule has 1 heterocycles. The molecule has 1 aromatic carbocycles. The summed E-state index contributed by atoms with van der Waals surface area (Å²) >= 11 is 5.33. The number of benzene rings is 1. The molecule has 0 saturated heterocycles. The van der Waals surface area contributed by atoms with Gasteiger partial charge in [-0.3, -0.25) is 0 Å². The van der Waals surface area contributed by atoms with Gasteiger partial charge in [0, 0.05) is 35.0 Å². The highest BCUT2D eigenvalue weighted by Crippen LogP contribution is 2.17. The molecule has 0 fully saturated rings. The van der Waals surface area contributed by atoms with Crippen molar-refractivity contribution < 1.29 is 0 Å². The van der Waals surface area contributed by atoms with E-state index in [-0.39, 0.29) is 0 Å². The third-order valence-electron chi connectivity index (χ3n) is 3.26. The molecule has 4 heteroatoms. The summed E-state index contributed by atoms with van der Waals surface area (Å²) in [6.45, 7) is 5.25. The minimum atomic E-state index is 0.439. The standard InChI is InChI=1S/C16H21BrN2S/c1-13(16-7-4-10-20-16)18-8-9-19(2)12-14-5-3-6-15(17)11-14/h3-7,10-11,13,18H,8-9,12H2,1-2H3. The maximum Gasteiger partial charge on any atom is 0.0386 e. The van der Waals surface area contributed by atoms with Crippen molar-refractivity contribution in [1.29, 1.82) is 0 Å². The molecule has 0 aliphatic heterocycles. The lowest BCUT2D eigenvalue weighted by Crippen LogP contribution is -2.30. The minimum Gasteiger partial charge on any atom is -0.308 e. The lowest BCUT2D eigenvalue weighted by molar-refractivity contribution is 0.319. The quantitative estimate of drug-likeness (QED) is 0.799. The van der Waals surface area contributed by atoms with Crippen molar-refractivity contribution >= 4 is 27.3 Å². The minimum absolute atomic E-state index is 0.439. The van der Waals surface area contributed by atoms with Crippen molar-refractivity contribution in [1.82, 2.24) is 10.2 Å². The Morgan fingerprint density at radius 1 is 1.30 bits per heavy atom. The van der Waals surface area contributed by atoms with E-state index < -0.39 is 0 Å². The summed E-state index contributed by atoms with van der Waals surface area (Å²) in [7, 11) is 2.17. The van der Waals surface area contributed by atoms with Crippen molar-refractivity contribution in [3.8, 4) is 0 Å². The fraction of sp³-hybridized carbons (Fsp3) is 0.375. The Bertz CT molecular complexity index is 513. The van der Waals surface area contributed by atoms with Crippen LogP contribution in [0.4, 0.5) is 0 Å². The topological polar surface area (TPSA) is 15.3 Å². The summed E-state index contributed by atoms with van der Waals surface area (Å²) in [6.07, 6.45) is 0. The Morgan fingerprint density at radius 2 is 2.15 bits per heavy atom. The predicted molar refractivity (Wildman–Crippen MR) is 91.2 cm³/mol. The first-order chi connectivity index (χ1) is 9.65. The predicted octanol–water partition coefficient (Wildman–Crippen LogP) is 4.29. The highest BCUT2D eigenvalue weighted by molar-refractivity contribution is 9.10. The first-order valence-electron chi connectivity index (χ1n) is 6.85. The van der Waals surface area contributed by atoms with Gasteiger partial charge in [0.25, 0.3) is 0 Å². The van der Waals surface area contributed by atoms with Gasteiger partial charge in [-0.15, -0.1) is 11.3 Å². The Labute approximate surface area is 133 Å². The van der Waals surface area contributed by atoms with Crippen molar-refractivity contribution in [3.63, 3.8) is 0 Å². The largest absolute Gasteiger partial charge is 0.308 e. The highest BCUT2D eigenvalue weighted by atomic mass is 79.9. The second-order valence-corrected chi connectivity index (χ2v) is 6.95. The summed E-state index contributed by atoms with van der Waals surface area (Å²) in [5, 5.41) is 5.70. The van der Waals surface area contributed by atoms with E-state index in [0.29, 0.717) is 6.04 Å². The van der Waals surface area contributed by atoms with Crippen LogP contribution in [0.1, 0.15) is 23.4 Å². The van der Waals surface area contributed by atoms with Gasteiger partial charge in [-0.25, -0.2) is 0 Å². The molecular formula is C16H21BrN2S. The number of rotatable bonds is 7. The fourth-order valence-corrected chi connectivity index (χ4v) is 3.34. The Balaban J connectivity index is 1.71. The Kier molecular flexibility index (Phi) is 6.23. The Morgan fingerprint density at radius 3 is 2.85 bits per heavy atom. The molecule has 0 amide bonds. The van der Waals surface area contributed by atoms with Crippen molar-refractivity contribution in [3.05, 3.63) is 56.7 Å². The molecule has 20 heavy (non-hydrogen) atoms. The smallest absolute Gasteiger partial charge is 0.0386 e. The molecule has 0 saturated carbocycles. The van der Waals surface area contributed by atoms with Crippen molar-refractivity contribution in [2.24, 2.45) is 0 Å². The zero-order valence-electron chi connectivity index (χ0n) is 12.0. The van der Waals surface area contributed by atoms with Crippen LogP contribution >= 0.6 is 27.3 Å². The zero-order chi connectivity index (χ0) is 14.4. The van der Waals surface area contributed by atoms with Crippen LogP contribution in [0.2, 0.25) is 0 Å². The van der Waals surface area contributed by atoms with E-state index in [9.17, 15) is 0 Å². The average molecular weight is 353 g/mol. The van der Waals surface area contributed by atoms with E-state index in [1.165, 1.54) is 10.4 Å². The second kappa shape index (κ2) is 7.93. The molecule has 1 N–H and O–H groups in total. The molecule has 0 aliphatic rings. The first-order valence-corrected chi connectivity index (χ1v) is 8.52. The monoisotopic (exact) mass is 352 g/mol. The Hall–Kier alpha value is -0.680. The number of hydrogen-bond acceptors (Lipinski definition) is 3. The molecule has 108 valence electrons. The SMILES string of the molecule is CC(NCCN(C)Cc1cccc(Br)c1)c1cccs1. The normalized spacial score (nSPS) is 12.8. The molecule has 1 unspecified atom stereocenters. The summed E-state index contributed by atoms with van der Waals surface area (Å²) in [6, 6.07) is 13.2. The number of likely N-dealkylation sites (N-methyl/N-ethyl adjacent to an activating group) is 1. The third kappa shape index (κ3) is 5.02. The van der Waals surface area contributed by atoms with E-state index in [1.54, 1.807) is 0 Å². The van der Waals surface area contributed by atoms with Crippen LogP contribution in [0.15, 0.2) is 46.3 Å². The van der Waals surface area contributed by atoms with Crippen LogP contribution < -0.4 is 5.32 Å². The van der Waals surface area contributed by atoms with Gasteiger partial charge in [-0.2, -0.15) is 0 Å². The second-order valence-electron chi connectivity index (χ2n) is 5.06. The molecule has 0 radical (unpaired) electrons. The van der Waals surface area contributed by atoms with Gasteiger partial charge in [0.1, 0.15) is 0 Å². The van der Waals surface area contributed by atoms with Gasteiger partial charge in [0.2, 0.25) is 0 Å². The van der Waals surface area contributed by atoms with Gasteiger partial charge in [0.15, 0.2) is 0 Å². The van der Waals surface area contributed by atoms with Crippen LogP contribution in [0, 0.1) is 0 Å². The summed E-state index contributed by atoms with van der Waals surface area (Å²) in [5.74, 6) is 0. The van der Waals surface area contributed by atoms with Gasteiger partial charge in [0.05, 0.1) is 0 Å². The maximum absolute atomic E-state index is 3.57. The van der Waals surface area contributed by atoms with E-state index in [4.69, 9.17) is 0 Å². The van der Waals surface area contributed by atoms with E-state index in [2.05, 4.69) is 81.9 Å². The maximum atomic E-state index is 3.57. The molecule has 0 aliphatic carbocycles. The van der Waals surface area contributed by atoms with Gasteiger partial charge in [-0.05, 0) is 43.1 Å². The lowest BCUT2D eigenvalue weighted by Gasteiger charge is -2.19. The van der Waals surface area contributed by atoms with Crippen LogP contribution in [-0.2, 0) is 6.54 Å². The first kappa shape index (κ1) is 15.7. The number of nitrogens with one attached hydrogen (secondary N) is 1. The van der Waals surface area contributed by atoms with Gasteiger partial charge in [-0.1, -0.05) is 34.1 Å². The van der Waals surface area contributed by atoms with Crippen LogP contribution in [0.3, 0.4) is 0 Å².